The average Bonchev–Trinajstić information content (AvgIpc) is 2.31. The maximum Gasteiger partial charge on any atom is 0.387 e. The number of alkyl halides is 2. The van der Waals surface area contributed by atoms with E-state index in [2.05, 4.69) is 15.4 Å². The van der Waals surface area contributed by atoms with Gasteiger partial charge in [-0.15, -0.1) is 0 Å². The number of hydrogen-bond acceptors (Lipinski definition) is 3. The van der Waals surface area contributed by atoms with Crippen LogP contribution in [0.3, 0.4) is 0 Å². The van der Waals surface area contributed by atoms with Crippen LogP contribution in [0.25, 0.3) is 0 Å². The van der Waals surface area contributed by atoms with Crippen molar-refractivity contribution in [1.82, 2.24) is 5.32 Å². The van der Waals surface area contributed by atoms with Gasteiger partial charge in [-0.3, -0.25) is 4.79 Å². The summed E-state index contributed by atoms with van der Waals surface area (Å²) in [6, 6.07) is 5.81. The Morgan fingerprint density at radius 2 is 2.00 bits per heavy atom. The van der Waals surface area contributed by atoms with Crippen molar-refractivity contribution in [3.05, 3.63) is 24.3 Å². The van der Waals surface area contributed by atoms with Crippen LogP contribution in [-0.4, -0.2) is 26.1 Å². The van der Waals surface area contributed by atoms with E-state index in [9.17, 15) is 13.6 Å². The lowest BCUT2D eigenvalue weighted by atomic mass is 10.2. The molecule has 1 amide bonds. The predicted octanol–water partition coefficient (Wildman–Crippen LogP) is 2.23. The van der Waals surface area contributed by atoms with Crippen molar-refractivity contribution >= 4 is 11.6 Å². The molecule has 1 aromatic carbocycles. The van der Waals surface area contributed by atoms with E-state index in [0.717, 1.165) is 13.0 Å². The second kappa shape index (κ2) is 7.60. The summed E-state index contributed by atoms with van der Waals surface area (Å²) in [5, 5.41) is 5.62. The number of amides is 1. The number of nitrogens with one attached hydrogen (secondary N) is 2. The van der Waals surface area contributed by atoms with Crippen molar-refractivity contribution in [2.24, 2.45) is 0 Å². The zero-order chi connectivity index (χ0) is 13.4. The third kappa shape index (κ3) is 5.58. The zero-order valence-electron chi connectivity index (χ0n) is 10.1. The topological polar surface area (TPSA) is 50.4 Å². The number of ether oxygens (including phenoxy) is 1. The lowest BCUT2D eigenvalue weighted by Gasteiger charge is -2.07. The van der Waals surface area contributed by atoms with E-state index in [4.69, 9.17) is 0 Å². The van der Waals surface area contributed by atoms with Gasteiger partial charge < -0.3 is 15.4 Å². The van der Waals surface area contributed by atoms with E-state index in [1.165, 1.54) is 24.3 Å². The Morgan fingerprint density at radius 1 is 1.33 bits per heavy atom. The molecule has 0 unspecified atom stereocenters. The van der Waals surface area contributed by atoms with Crippen LogP contribution in [0, 0.1) is 0 Å². The van der Waals surface area contributed by atoms with Gasteiger partial charge in [0.25, 0.3) is 0 Å². The molecule has 0 atom stereocenters. The fourth-order valence-corrected chi connectivity index (χ4v) is 1.37. The molecule has 1 rings (SSSR count). The number of hydrogen-bond donors (Lipinski definition) is 2. The van der Waals surface area contributed by atoms with Crippen molar-refractivity contribution < 1.29 is 18.3 Å². The Kier molecular flexibility index (Phi) is 6.07. The van der Waals surface area contributed by atoms with Crippen molar-refractivity contribution in [1.29, 1.82) is 0 Å². The van der Waals surface area contributed by atoms with Gasteiger partial charge in [0, 0.05) is 12.1 Å². The molecule has 18 heavy (non-hydrogen) atoms. The van der Waals surface area contributed by atoms with Crippen LogP contribution in [0.15, 0.2) is 24.3 Å². The normalized spacial score (nSPS) is 10.4. The minimum absolute atomic E-state index is 0.0678. The lowest BCUT2D eigenvalue weighted by molar-refractivity contribution is -0.116. The zero-order valence-corrected chi connectivity index (χ0v) is 10.1. The number of anilines is 1. The molecule has 0 aliphatic carbocycles. The van der Waals surface area contributed by atoms with Gasteiger partial charge in [0.05, 0.1) is 0 Å². The second-order valence-corrected chi connectivity index (χ2v) is 3.66. The molecule has 0 heterocycles. The molecule has 0 aliphatic rings. The van der Waals surface area contributed by atoms with Gasteiger partial charge in [0.2, 0.25) is 5.91 Å². The monoisotopic (exact) mass is 258 g/mol. The van der Waals surface area contributed by atoms with Crippen LogP contribution < -0.4 is 15.4 Å². The van der Waals surface area contributed by atoms with E-state index in [1.807, 2.05) is 7.05 Å². The fraction of sp³-hybridized carbons (Fsp3) is 0.417. The third-order valence-corrected chi connectivity index (χ3v) is 2.19. The summed E-state index contributed by atoms with van der Waals surface area (Å²) in [7, 11) is 1.82. The van der Waals surface area contributed by atoms with Crippen molar-refractivity contribution in [3.63, 3.8) is 0 Å². The highest BCUT2D eigenvalue weighted by Crippen LogP contribution is 2.17. The summed E-state index contributed by atoms with van der Waals surface area (Å²) in [5.41, 5.74) is 0.561. The van der Waals surface area contributed by atoms with Crippen molar-refractivity contribution in [2.75, 3.05) is 18.9 Å². The SMILES string of the molecule is CNCCCC(=O)Nc1ccc(OC(F)F)cc1. The van der Waals surface area contributed by atoms with Crippen LogP contribution in [0.4, 0.5) is 14.5 Å². The number of halogens is 2. The molecule has 0 aliphatic heterocycles. The summed E-state index contributed by atoms with van der Waals surface area (Å²) in [6.07, 6.45) is 1.16. The maximum atomic E-state index is 11.9. The first-order valence-corrected chi connectivity index (χ1v) is 5.61. The summed E-state index contributed by atoms with van der Waals surface area (Å²) in [5.74, 6) is -0.0361. The number of rotatable bonds is 7. The molecule has 0 aromatic heterocycles. The Morgan fingerprint density at radius 3 is 2.56 bits per heavy atom. The average molecular weight is 258 g/mol. The fourth-order valence-electron chi connectivity index (χ4n) is 1.37. The van der Waals surface area contributed by atoms with E-state index in [1.54, 1.807) is 0 Å². The van der Waals surface area contributed by atoms with Crippen LogP contribution >= 0.6 is 0 Å². The van der Waals surface area contributed by atoms with Crippen LogP contribution in [0.2, 0.25) is 0 Å². The Balaban J connectivity index is 2.40. The van der Waals surface area contributed by atoms with Gasteiger partial charge in [0.15, 0.2) is 0 Å². The summed E-state index contributed by atoms with van der Waals surface area (Å²) in [4.78, 5) is 11.5. The molecule has 100 valence electrons. The molecule has 0 bridgehead atoms. The molecule has 0 fully saturated rings. The van der Waals surface area contributed by atoms with Crippen LogP contribution in [0.1, 0.15) is 12.8 Å². The highest BCUT2D eigenvalue weighted by Gasteiger charge is 2.05. The molecular formula is C12H16F2N2O2. The molecule has 4 nitrogen and oxygen atoms in total. The first-order valence-electron chi connectivity index (χ1n) is 5.61. The van der Waals surface area contributed by atoms with Gasteiger partial charge in [-0.05, 0) is 44.3 Å². The van der Waals surface area contributed by atoms with Gasteiger partial charge >= 0.3 is 6.61 Å². The molecule has 6 heteroatoms. The standard InChI is InChI=1S/C12H16F2N2O2/c1-15-8-2-3-11(17)16-9-4-6-10(7-5-9)18-12(13)14/h4-7,12,15H,2-3,8H2,1H3,(H,16,17). The van der Waals surface area contributed by atoms with Crippen molar-refractivity contribution in [3.8, 4) is 5.75 Å². The first kappa shape index (κ1) is 14.4. The largest absolute Gasteiger partial charge is 0.435 e. The molecular weight excluding hydrogens is 242 g/mol. The third-order valence-electron chi connectivity index (χ3n) is 2.19. The molecule has 0 spiro atoms. The minimum Gasteiger partial charge on any atom is -0.435 e. The van der Waals surface area contributed by atoms with E-state index in [0.29, 0.717) is 12.1 Å². The summed E-state index contributed by atoms with van der Waals surface area (Å²) >= 11 is 0. The smallest absolute Gasteiger partial charge is 0.387 e. The maximum absolute atomic E-state index is 11.9. The minimum atomic E-state index is -2.84. The van der Waals surface area contributed by atoms with E-state index in [-0.39, 0.29) is 11.7 Å². The first-order chi connectivity index (χ1) is 8.61. The predicted molar refractivity (Wildman–Crippen MR) is 64.9 cm³/mol. The Labute approximate surface area is 104 Å². The molecule has 2 N–H and O–H groups in total. The molecule has 0 saturated heterocycles. The quantitative estimate of drug-likeness (QED) is 0.737. The van der Waals surface area contributed by atoms with Crippen LogP contribution in [0.5, 0.6) is 5.75 Å². The molecule has 1 aromatic rings. The lowest BCUT2D eigenvalue weighted by Crippen LogP contribution is -2.15. The highest BCUT2D eigenvalue weighted by atomic mass is 19.3. The van der Waals surface area contributed by atoms with E-state index >= 15 is 0 Å². The van der Waals surface area contributed by atoms with Gasteiger partial charge in [-0.1, -0.05) is 0 Å². The van der Waals surface area contributed by atoms with Crippen LogP contribution in [-0.2, 0) is 4.79 Å². The second-order valence-electron chi connectivity index (χ2n) is 3.66. The van der Waals surface area contributed by atoms with Crippen molar-refractivity contribution in [2.45, 2.75) is 19.5 Å². The summed E-state index contributed by atoms with van der Waals surface area (Å²) in [6.45, 7) is -2.07. The van der Waals surface area contributed by atoms with E-state index < -0.39 is 6.61 Å². The Hall–Kier alpha value is -1.69. The highest BCUT2D eigenvalue weighted by molar-refractivity contribution is 5.90. The van der Waals surface area contributed by atoms with Gasteiger partial charge in [-0.2, -0.15) is 8.78 Å². The Bertz CT molecular complexity index is 369. The molecule has 0 radical (unpaired) electrons. The van der Waals surface area contributed by atoms with Gasteiger partial charge in [-0.25, -0.2) is 0 Å². The number of carbonyl (C=O) groups is 1. The number of benzene rings is 1. The van der Waals surface area contributed by atoms with Gasteiger partial charge in [0.1, 0.15) is 5.75 Å². The molecule has 0 saturated carbocycles. The number of carbonyl (C=O) groups excluding carboxylic acids is 1. The summed E-state index contributed by atoms with van der Waals surface area (Å²) < 4.78 is 28.0.